The quantitative estimate of drug-likeness (QED) is 0.804. The van der Waals surface area contributed by atoms with E-state index in [1.807, 2.05) is 30.0 Å². The zero-order valence-corrected chi connectivity index (χ0v) is 12.6. The molecule has 0 radical (unpaired) electrons. The number of hydrogen-bond acceptors (Lipinski definition) is 4. The van der Waals surface area contributed by atoms with Crippen LogP contribution in [0.15, 0.2) is 0 Å². The molecule has 1 fully saturated rings. The SMILES string of the molecule is CSCC[C@H](N)C(=O)N(C)[C@H]1CCC[C@H]1SC. The minimum absolute atomic E-state index is 0.116. The van der Waals surface area contributed by atoms with Crippen LogP contribution in [0.1, 0.15) is 25.7 Å². The van der Waals surface area contributed by atoms with Crippen molar-refractivity contribution >= 4 is 29.4 Å². The molecule has 100 valence electrons. The summed E-state index contributed by atoms with van der Waals surface area (Å²) in [6, 6.07) is 0.0633. The zero-order chi connectivity index (χ0) is 12.8. The van der Waals surface area contributed by atoms with E-state index in [0.29, 0.717) is 11.3 Å². The zero-order valence-electron chi connectivity index (χ0n) is 11.0. The van der Waals surface area contributed by atoms with Crippen LogP contribution in [0.4, 0.5) is 0 Å². The van der Waals surface area contributed by atoms with Crippen molar-refractivity contribution in [3.63, 3.8) is 0 Å². The van der Waals surface area contributed by atoms with Crippen molar-refractivity contribution in [2.24, 2.45) is 5.73 Å². The summed E-state index contributed by atoms with van der Waals surface area (Å²) in [5.74, 6) is 1.07. The summed E-state index contributed by atoms with van der Waals surface area (Å²) in [7, 11) is 1.92. The van der Waals surface area contributed by atoms with Crippen molar-refractivity contribution in [3.05, 3.63) is 0 Å². The first-order chi connectivity index (χ1) is 8.11. The maximum atomic E-state index is 12.2. The molecule has 0 saturated heterocycles. The van der Waals surface area contributed by atoms with E-state index in [1.165, 1.54) is 12.8 Å². The van der Waals surface area contributed by atoms with Crippen LogP contribution in [-0.4, -0.2) is 53.5 Å². The van der Waals surface area contributed by atoms with E-state index < -0.39 is 0 Å². The van der Waals surface area contributed by atoms with Gasteiger partial charge in [-0.05, 0) is 37.5 Å². The Balaban J connectivity index is 2.50. The molecule has 3 nitrogen and oxygen atoms in total. The van der Waals surface area contributed by atoms with Gasteiger partial charge in [0.05, 0.1) is 6.04 Å². The summed E-state index contributed by atoms with van der Waals surface area (Å²) in [5.41, 5.74) is 5.95. The van der Waals surface area contributed by atoms with E-state index >= 15 is 0 Å². The van der Waals surface area contributed by atoms with Gasteiger partial charge in [0.25, 0.3) is 0 Å². The standard InChI is InChI=1S/C12H24N2OS2/c1-14(10-5-4-6-11(10)17-3)12(15)9(13)7-8-16-2/h9-11H,4-8,13H2,1-3H3/t9-,10-,11+/m0/s1. The molecule has 1 amide bonds. The Morgan fingerprint density at radius 2 is 2.18 bits per heavy atom. The van der Waals surface area contributed by atoms with Crippen LogP contribution in [0.2, 0.25) is 0 Å². The second kappa shape index (κ2) is 7.54. The van der Waals surface area contributed by atoms with Crippen LogP contribution >= 0.6 is 23.5 Å². The highest BCUT2D eigenvalue weighted by Crippen LogP contribution is 2.31. The summed E-state index contributed by atoms with van der Waals surface area (Å²) >= 11 is 3.62. The van der Waals surface area contributed by atoms with Crippen LogP contribution in [0.25, 0.3) is 0 Å². The highest BCUT2D eigenvalue weighted by Gasteiger charge is 2.33. The Morgan fingerprint density at radius 1 is 1.47 bits per heavy atom. The molecule has 0 aromatic rings. The summed E-state index contributed by atoms with van der Waals surface area (Å²) < 4.78 is 0. The van der Waals surface area contributed by atoms with Gasteiger partial charge in [-0.25, -0.2) is 0 Å². The van der Waals surface area contributed by atoms with E-state index in [1.54, 1.807) is 11.8 Å². The van der Waals surface area contributed by atoms with Crippen molar-refractivity contribution in [2.75, 3.05) is 25.3 Å². The van der Waals surface area contributed by atoms with Crippen LogP contribution in [0.5, 0.6) is 0 Å². The van der Waals surface area contributed by atoms with Gasteiger partial charge in [0.2, 0.25) is 5.91 Å². The number of carbonyl (C=O) groups excluding carboxylic acids is 1. The Kier molecular flexibility index (Phi) is 6.74. The third-order valence-corrected chi connectivity index (χ3v) is 5.32. The minimum Gasteiger partial charge on any atom is -0.340 e. The topological polar surface area (TPSA) is 46.3 Å². The van der Waals surface area contributed by atoms with E-state index in [9.17, 15) is 4.79 Å². The first-order valence-corrected chi connectivity index (χ1v) is 8.84. The van der Waals surface area contributed by atoms with E-state index in [4.69, 9.17) is 5.73 Å². The molecule has 0 unspecified atom stereocenters. The Hall–Kier alpha value is 0.130. The van der Waals surface area contributed by atoms with Gasteiger partial charge in [0, 0.05) is 18.3 Å². The van der Waals surface area contributed by atoms with E-state index in [2.05, 4.69) is 6.26 Å². The lowest BCUT2D eigenvalue weighted by atomic mass is 10.1. The number of hydrogen-bond donors (Lipinski definition) is 1. The van der Waals surface area contributed by atoms with Crippen LogP contribution < -0.4 is 5.73 Å². The molecule has 0 heterocycles. The van der Waals surface area contributed by atoms with Gasteiger partial charge in [-0.15, -0.1) is 0 Å². The lowest BCUT2D eigenvalue weighted by molar-refractivity contribution is -0.133. The fourth-order valence-corrected chi connectivity index (χ4v) is 3.94. The molecule has 1 aliphatic carbocycles. The lowest BCUT2D eigenvalue weighted by Gasteiger charge is -2.31. The highest BCUT2D eigenvalue weighted by molar-refractivity contribution is 7.99. The molecule has 0 bridgehead atoms. The molecule has 0 aromatic heterocycles. The molecule has 1 aliphatic rings. The molecular formula is C12H24N2OS2. The van der Waals surface area contributed by atoms with Crippen LogP contribution in [0.3, 0.4) is 0 Å². The molecule has 0 aromatic carbocycles. The summed E-state index contributed by atoms with van der Waals surface area (Å²) in [5, 5.41) is 0.594. The molecule has 5 heteroatoms. The second-order valence-electron chi connectivity index (χ2n) is 4.61. The Labute approximate surface area is 113 Å². The van der Waals surface area contributed by atoms with Crippen molar-refractivity contribution in [1.82, 2.24) is 4.90 Å². The Morgan fingerprint density at radius 3 is 2.76 bits per heavy atom. The maximum absolute atomic E-state index is 12.2. The monoisotopic (exact) mass is 276 g/mol. The highest BCUT2D eigenvalue weighted by atomic mass is 32.2. The van der Waals surface area contributed by atoms with Gasteiger partial charge >= 0.3 is 0 Å². The van der Waals surface area contributed by atoms with E-state index in [0.717, 1.165) is 18.6 Å². The van der Waals surface area contributed by atoms with Crippen LogP contribution in [-0.2, 0) is 4.79 Å². The molecule has 0 spiro atoms. The van der Waals surface area contributed by atoms with Gasteiger partial charge in [0.15, 0.2) is 0 Å². The van der Waals surface area contributed by atoms with Gasteiger partial charge in [-0.3, -0.25) is 4.79 Å². The maximum Gasteiger partial charge on any atom is 0.239 e. The fourth-order valence-electron chi connectivity index (χ4n) is 2.42. The third-order valence-electron chi connectivity index (χ3n) is 3.52. The van der Waals surface area contributed by atoms with Gasteiger partial charge in [0.1, 0.15) is 0 Å². The normalized spacial score (nSPS) is 25.9. The first-order valence-electron chi connectivity index (χ1n) is 6.15. The first kappa shape index (κ1) is 15.2. The molecule has 1 saturated carbocycles. The molecule has 2 N–H and O–H groups in total. The number of rotatable bonds is 6. The number of amides is 1. The smallest absolute Gasteiger partial charge is 0.239 e. The van der Waals surface area contributed by atoms with Crippen molar-refractivity contribution in [3.8, 4) is 0 Å². The van der Waals surface area contributed by atoms with Gasteiger partial charge in [-0.1, -0.05) is 6.42 Å². The van der Waals surface area contributed by atoms with Crippen molar-refractivity contribution in [2.45, 2.75) is 43.0 Å². The van der Waals surface area contributed by atoms with Crippen LogP contribution in [0, 0.1) is 0 Å². The largest absolute Gasteiger partial charge is 0.340 e. The number of thioether (sulfide) groups is 2. The van der Waals surface area contributed by atoms with E-state index in [-0.39, 0.29) is 11.9 Å². The predicted molar refractivity (Wildman–Crippen MR) is 78.7 cm³/mol. The fraction of sp³-hybridized carbons (Fsp3) is 0.917. The number of nitrogens with zero attached hydrogens (tertiary/aromatic N) is 1. The Bertz CT molecular complexity index is 251. The molecule has 17 heavy (non-hydrogen) atoms. The average molecular weight is 276 g/mol. The van der Waals surface area contributed by atoms with Gasteiger partial charge < -0.3 is 10.6 Å². The molecule has 1 rings (SSSR count). The minimum atomic E-state index is -0.324. The summed E-state index contributed by atoms with van der Waals surface area (Å²) in [6.07, 6.45) is 8.54. The third kappa shape index (κ3) is 4.07. The number of likely N-dealkylation sites (N-methyl/N-ethyl adjacent to an activating group) is 1. The predicted octanol–water partition coefficient (Wildman–Crippen LogP) is 1.81. The molecule has 0 aliphatic heterocycles. The molecular weight excluding hydrogens is 252 g/mol. The van der Waals surface area contributed by atoms with Crippen molar-refractivity contribution in [1.29, 1.82) is 0 Å². The van der Waals surface area contributed by atoms with Crippen molar-refractivity contribution < 1.29 is 4.79 Å². The summed E-state index contributed by atoms with van der Waals surface area (Å²) in [4.78, 5) is 14.1. The summed E-state index contributed by atoms with van der Waals surface area (Å²) in [6.45, 7) is 0. The lowest BCUT2D eigenvalue weighted by Crippen LogP contribution is -2.48. The second-order valence-corrected chi connectivity index (χ2v) is 6.67. The van der Waals surface area contributed by atoms with Gasteiger partial charge in [-0.2, -0.15) is 23.5 Å². The average Bonchev–Trinajstić information content (AvgIpc) is 2.82. The molecule has 3 atom stereocenters. The number of carbonyl (C=O) groups is 1. The number of nitrogens with two attached hydrogens (primary N) is 1.